The number of hydrogen-bond acceptors (Lipinski definition) is 2. The number of hydrogen-bond donors (Lipinski definition) is 0. The van der Waals surface area contributed by atoms with E-state index in [9.17, 15) is 0 Å². The van der Waals surface area contributed by atoms with Gasteiger partial charge in [0.25, 0.3) is 0 Å². The monoisotopic (exact) mass is 250 g/mol. The Morgan fingerprint density at radius 2 is 2.21 bits per heavy atom. The minimum Gasteiger partial charge on any atom is -0.290 e. The van der Waals surface area contributed by atoms with Gasteiger partial charge in [-0.3, -0.25) is 9.88 Å². The van der Waals surface area contributed by atoms with Crippen LogP contribution in [0.15, 0.2) is 48.8 Å². The van der Waals surface area contributed by atoms with Gasteiger partial charge >= 0.3 is 0 Å². The van der Waals surface area contributed by atoms with Crippen molar-refractivity contribution >= 4 is 10.8 Å². The predicted octanol–water partition coefficient (Wildman–Crippen LogP) is 3.48. The maximum atomic E-state index is 4.25. The normalized spacial score (nSPS) is 30.1. The van der Waals surface area contributed by atoms with E-state index < -0.39 is 0 Å². The summed E-state index contributed by atoms with van der Waals surface area (Å²) in [6, 6.07) is 9.63. The van der Waals surface area contributed by atoms with Crippen LogP contribution in [-0.4, -0.2) is 23.0 Å². The quantitative estimate of drug-likeness (QED) is 0.720. The number of pyridine rings is 1. The van der Waals surface area contributed by atoms with Gasteiger partial charge in [0.05, 0.1) is 5.54 Å². The van der Waals surface area contributed by atoms with E-state index in [1.165, 1.54) is 35.6 Å². The molecule has 2 aliphatic heterocycles. The van der Waals surface area contributed by atoms with Crippen LogP contribution in [0.1, 0.15) is 24.8 Å². The van der Waals surface area contributed by atoms with Crippen LogP contribution in [0.25, 0.3) is 10.8 Å². The first-order valence-corrected chi connectivity index (χ1v) is 7.04. The van der Waals surface area contributed by atoms with E-state index in [2.05, 4.69) is 53.3 Å². The van der Waals surface area contributed by atoms with Crippen LogP contribution in [0.3, 0.4) is 0 Å². The Labute approximate surface area is 113 Å². The Morgan fingerprint density at radius 1 is 1.26 bits per heavy atom. The van der Waals surface area contributed by atoms with Gasteiger partial charge in [-0.2, -0.15) is 0 Å². The number of rotatable bonds is 1. The van der Waals surface area contributed by atoms with Crippen molar-refractivity contribution in [3.05, 3.63) is 54.4 Å². The molecule has 2 unspecified atom stereocenters. The summed E-state index contributed by atoms with van der Waals surface area (Å²) < 4.78 is 0. The van der Waals surface area contributed by atoms with E-state index in [0.29, 0.717) is 0 Å². The lowest BCUT2D eigenvalue weighted by molar-refractivity contribution is 0.168. The minimum atomic E-state index is 0.118. The van der Waals surface area contributed by atoms with E-state index in [0.717, 1.165) is 6.04 Å². The lowest BCUT2D eigenvalue weighted by Gasteiger charge is -2.39. The van der Waals surface area contributed by atoms with Gasteiger partial charge in [0, 0.05) is 23.8 Å². The molecule has 2 heteroatoms. The smallest absolute Gasteiger partial charge is 0.0646 e. The molecule has 1 fully saturated rings. The number of fused-ring (bicyclic) bond motifs is 3. The van der Waals surface area contributed by atoms with Crippen molar-refractivity contribution in [3.63, 3.8) is 0 Å². The van der Waals surface area contributed by atoms with E-state index >= 15 is 0 Å². The lowest BCUT2D eigenvalue weighted by Crippen LogP contribution is -2.42. The maximum Gasteiger partial charge on any atom is 0.0646 e. The van der Waals surface area contributed by atoms with E-state index in [1.807, 2.05) is 12.4 Å². The van der Waals surface area contributed by atoms with Crippen molar-refractivity contribution in [2.24, 2.45) is 0 Å². The summed E-state index contributed by atoms with van der Waals surface area (Å²) in [6.45, 7) is 0. The van der Waals surface area contributed by atoms with Gasteiger partial charge in [-0.1, -0.05) is 24.3 Å². The van der Waals surface area contributed by atoms with Crippen LogP contribution in [-0.2, 0) is 5.54 Å². The van der Waals surface area contributed by atoms with Crippen LogP contribution in [0.5, 0.6) is 0 Å². The average Bonchev–Trinajstić information content (AvgIpc) is 2.66. The third-order valence-corrected chi connectivity index (χ3v) is 4.98. The first kappa shape index (κ1) is 11.2. The molecule has 0 amide bonds. The molecule has 2 aromatic rings. The summed E-state index contributed by atoms with van der Waals surface area (Å²) in [5.74, 6) is 0. The number of aromatic nitrogens is 1. The summed E-state index contributed by atoms with van der Waals surface area (Å²) in [7, 11) is 2.27. The average molecular weight is 250 g/mol. The highest BCUT2D eigenvalue weighted by Gasteiger charge is 2.45. The summed E-state index contributed by atoms with van der Waals surface area (Å²) in [5.41, 5.74) is 1.53. The predicted molar refractivity (Wildman–Crippen MR) is 78.0 cm³/mol. The topological polar surface area (TPSA) is 16.1 Å². The van der Waals surface area contributed by atoms with Gasteiger partial charge in [-0.05, 0) is 49.4 Å². The lowest BCUT2D eigenvalue weighted by atomic mass is 9.85. The summed E-state index contributed by atoms with van der Waals surface area (Å²) in [6.07, 6.45) is 12.3. The minimum absolute atomic E-state index is 0.118. The molecule has 0 saturated carbocycles. The SMILES string of the molecule is CN1C2CC=CC1(c1ccc3ccncc3c1)CC2. The number of likely N-dealkylation sites (N-methyl/N-ethyl adjacent to an activating group) is 1. The van der Waals surface area contributed by atoms with Gasteiger partial charge in [0.1, 0.15) is 0 Å². The van der Waals surface area contributed by atoms with Crippen LogP contribution in [0, 0.1) is 0 Å². The second kappa shape index (κ2) is 3.91. The summed E-state index contributed by atoms with van der Waals surface area (Å²) >= 11 is 0. The highest BCUT2D eigenvalue weighted by molar-refractivity contribution is 5.82. The molecule has 2 atom stereocenters. The Morgan fingerprint density at radius 3 is 3.16 bits per heavy atom. The molecule has 1 saturated heterocycles. The van der Waals surface area contributed by atoms with Crippen molar-refractivity contribution < 1.29 is 0 Å². The molecule has 0 spiro atoms. The fourth-order valence-corrected chi connectivity index (χ4v) is 3.78. The molecule has 19 heavy (non-hydrogen) atoms. The van der Waals surface area contributed by atoms with Crippen LogP contribution in [0.4, 0.5) is 0 Å². The van der Waals surface area contributed by atoms with Crippen molar-refractivity contribution in [2.45, 2.75) is 30.8 Å². The molecular formula is C17H18N2. The molecule has 1 aromatic carbocycles. The molecule has 2 aliphatic rings. The molecule has 3 heterocycles. The highest BCUT2D eigenvalue weighted by atomic mass is 15.2. The van der Waals surface area contributed by atoms with E-state index in [-0.39, 0.29) is 5.54 Å². The molecule has 2 nitrogen and oxygen atoms in total. The standard InChI is InChI=1S/C17H18N2/c1-19-16-3-2-8-17(19,9-6-16)15-5-4-13-7-10-18-12-14(13)11-15/h2,4-5,7-8,10-12,16H,3,6,9H2,1H3. The van der Waals surface area contributed by atoms with Crippen molar-refractivity contribution in [2.75, 3.05) is 7.05 Å². The van der Waals surface area contributed by atoms with Crippen LogP contribution >= 0.6 is 0 Å². The van der Waals surface area contributed by atoms with Crippen molar-refractivity contribution in [1.82, 2.24) is 9.88 Å². The van der Waals surface area contributed by atoms with Gasteiger partial charge < -0.3 is 0 Å². The zero-order valence-electron chi connectivity index (χ0n) is 11.2. The van der Waals surface area contributed by atoms with Crippen LogP contribution < -0.4 is 0 Å². The number of nitrogens with zero attached hydrogens (tertiary/aromatic N) is 2. The van der Waals surface area contributed by atoms with E-state index in [4.69, 9.17) is 0 Å². The molecular weight excluding hydrogens is 232 g/mol. The van der Waals surface area contributed by atoms with Gasteiger partial charge in [-0.15, -0.1) is 0 Å². The second-order valence-corrected chi connectivity index (χ2v) is 5.80. The fourth-order valence-electron chi connectivity index (χ4n) is 3.78. The first-order valence-electron chi connectivity index (χ1n) is 7.04. The third-order valence-electron chi connectivity index (χ3n) is 4.98. The first-order chi connectivity index (χ1) is 9.29. The zero-order chi connectivity index (χ0) is 12.9. The van der Waals surface area contributed by atoms with Gasteiger partial charge in [-0.25, -0.2) is 0 Å². The molecule has 96 valence electrons. The molecule has 0 N–H and O–H groups in total. The largest absolute Gasteiger partial charge is 0.290 e. The Kier molecular flexibility index (Phi) is 2.30. The van der Waals surface area contributed by atoms with Crippen molar-refractivity contribution in [1.29, 1.82) is 0 Å². The third kappa shape index (κ3) is 1.50. The second-order valence-electron chi connectivity index (χ2n) is 5.80. The summed E-state index contributed by atoms with van der Waals surface area (Å²) in [5, 5.41) is 2.51. The number of benzene rings is 1. The van der Waals surface area contributed by atoms with Crippen LogP contribution in [0.2, 0.25) is 0 Å². The van der Waals surface area contributed by atoms with Gasteiger partial charge in [0.2, 0.25) is 0 Å². The molecule has 2 bridgehead atoms. The molecule has 1 aromatic heterocycles. The Hall–Kier alpha value is -1.67. The Balaban J connectivity index is 1.90. The molecule has 4 rings (SSSR count). The highest BCUT2D eigenvalue weighted by Crippen LogP contribution is 2.46. The summed E-state index contributed by atoms with van der Waals surface area (Å²) in [4.78, 5) is 6.81. The fraction of sp³-hybridized carbons (Fsp3) is 0.353. The molecule has 0 radical (unpaired) electrons. The maximum absolute atomic E-state index is 4.25. The van der Waals surface area contributed by atoms with Crippen molar-refractivity contribution in [3.8, 4) is 0 Å². The zero-order valence-corrected chi connectivity index (χ0v) is 11.2. The van der Waals surface area contributed by atoms with E-state index in [1.54, 1.807) is 0 Å². The molecule has 0 aliphatic carbocycles. The van der Waals surface area contributed by atoms with Gasteiger partial charge in [0.15, 0.2) is 0 Å². The Bertz CT molecular complexity index is 661.